The Morgan fingerprint density at radius 2 is 2.13 bits per heavy atom. The summed E-state index contributed by atoms with van der Waals surface area (Å²) in [6.45, 7) is 4.00. The maximum absolute atomic E-state index is 12.1. The highest BCUT2D eigenvalue weighted by atomic mass is 32.2. The molecule has 0 aliphatic heterocycles. The second-order valence-electron chi connectivity index (χ2n) is 5.09. The molecule has 0 atom stereocenters. The molecule has 0 aliphatic carbocycles. The van der Waals surface area contributed by atoms with Gasteiger partial charge in [0.25, 0.3) is 5.56 Å². The van der Waals surface area contributed by atoms with Gasteiger partial charge in [-0.1, -0.05) is 17.8 Å². The van der Waals surface area contributed by atoms with Crippen molar-refractivity contribution in [2.75, 3.05) is 5.75 Å². The first-order valence-electron chi connectivity index (χ1n) is 6.84. The number of fused-ring (bicyclic) bond motifs is 1. The number of hydrogen-bond acceptors (Lipinski definition) is 6. The highest BCUT2D eigenvalue weighted by Crippen LogP contribution is 2.19. The predicted molar refractivity (Wildman–Crippen MR) is 84.7 cm³/mol. The maximum Gasteiger partial charge on any atom is 0.262 e. The van der Waals surface area contributed by atoms with E-state index < -0.39 is 5.97 Å². The molecule has 0 bridgehead atoms. The lowest BCUT2D eigenvalue weighted by molar-refractivity contribution is -0.301. The third-order valence-electron chi connectivity index (χ3n) is 3.48. The molecule has 0 saturated carbocycles. The van der Waals surface area contributed by atoms with Crippen LogP contribution in [-0.2, 0) is 4.79 Å². The van der Waals surface area contributed by atoms with Gasteiger partial charge in [0.05, 0.1) is 17.9 Å². The zero-order chi connectivity index (χ0) is 16.6. The summed E-state index contributed by atoms with van der Waals surface area (Å²) >= 11 is 0.901. The first kappa shape index (κ1) is 15.3. The molecule has 3 aromatic rings. The molecule has 3 rings (SSSR count). The number of carbonyl (C=O) groups is 1. The first-order valence-corrected chi connectivity index (χ1v) is 7.82. The van der Waals surface area contributed by atoms with Gasteiger partial charge in [0, 0.05) is 5.75 Å². The van der Waals surface area contributed by atoms with Crippen LogP contribution >= 0.6 is 11.8 Å². The second-order valence-corrected chi connectivity index (χ2v) is 6.06. The molecule has 0 amide bonds. The molecule has 0 radical (unpaired) electrons. The molecule has 2 heterocycles. The number of carbonyl (C=O) groups excluding carboxylic acids is 1. The molecule has 7 nitrogen and oxygen atoms in total. The molecular weight excluding hydrogens is 316 g/mol. The highest BCUT2D eigenvalue weighted by molar-refractivity contribution is 7.99. The van der Waals surface area contributed by atoms with Crippen LogP contribution in [0.15, 0.2) is 34.3 Å². The van der Waals surface area contributed by atoms with Crippen LogP contribution in [0.1, 0.15) is 11.1 Å². The summed E-state index contributed by atoms with van der Waals surface area (Å²) in [6.07, 6.45) is 1.45. The molecule has 0 saturated heterocycles. The lowest BCUT2D eigenvalue weighted by atomic mass is 10.1. The first-order chi connectivity index (χ1) is 11.0. The highest BCUT2D eigenvalue weighted by Gasteiger charge is 2.12. The number of benzene rings is 1. The summed E-state index contributed by atoms with van der Waals surface area (Å²) in [5.41, 5.74) is 3.07. The van der Waals surface area contributed by atoms with Crippen molar-refractivity contribution in [3.63, 3.8) is 0 Å². The van der Waals surface area contributed by atoms with Crippen LogP contribution in [0.5, 0.6) is 0 Å². The molecule has 8 heteroatoms. The Labute approximate surface area is 135 Å². The van der Waals surface area contributed by atoms with E-state index in [1.54, 1.807) is 4.68 Å². The minimum absolute atomic E-state index is 0.220. The molecule has 23 heavy (non-hydrogen) atoms. The van der Waals surface area contributed by atoms with E-state index in [1.165, 1.54) is 6.20 Å². The predicted octanol–water partition coefficient (Wildman–Crippen LogP) is 0.568. The summed E-state index contributed by atoms with van der Waals surface area (Å²) in [5.74, 6) is -1.51. The Balaban J connectivity index is 2.12. The van der Waals surface area contributed by atoms with Gasteiger partial charge in [0.15, 0.2) is 10.8 Å². The van der Waals surface area contributed by atoms with Crippen LogP contribution in [-0.4, -0.2) is 31.5 Å². The number of H-pyrrole nitrogens is 1. The van der Waals surface area contributed by atoms with E-state index in [0.29, 0.717) is 11.0 Å². The van der Waals surface area contributed by atoms with Gasteiger partial charge in [-0.25, -0.2) is 9.67 Å². The molecule has 118 valence electrons. The van der Waals surface area contributed by atoms with Gasteiger partial charge in [-0.3, -0.25) is 4.79 Å². The van der Waals surface area contributed by atoms with Crippen molar-refractivity contribution in [3.8, 4) is 5.69 Å². The molecule has 0 aliphatic rings. The number of thioether (sulfide) groups is 1. The number of rotatable bonds is 4. The van der Waals surface area contributed by atoms with Gasteiger partial charge in [0.2, 0.25) is 0 Å². The number of aliphatic carboxylic acids is 1. The minimum atomic E-state index is -1.22. The van der Waals surface area contributed by atoms with Gasteiger partial charge < -0.3 is 14.9 Å². The Morgan fingerprint density at radius 1 is 1.35 bits per heavy atom. The third kappa shape index (κ3) is 2.98. The van der Waals surface area contributed by atoms with Crippen molar-refractivity contribution in [1.29, 1.82) is 0 Å². The van der Waals surface area contributed by atoms with Crippen LogP contribution in [0.4, 0.5) is 0 Å². The van der Waals surface area contributed by atoms with Crippen LogP contribution in [0, 0.1) is 13.8 Å². The molecule has 0 fully saturated rings. The average Bonchev–Trinajstić information content (AvgIpc) is 2.92. The topological polar surface area (TPSA) is 104 Å². The monoisotopic (exact) mass is 329 g/mol. The van der Waals surface area contributed by atoms with Gasteiger partial charge in [-0.2, -0.15) is 5.10 Å². The van der Waals surface area contributed by atoms with Gasteiger partial charge >= 0.3 is 0 Å². The number of aromatic nitrogens is 4. The molecule has 2 aromatic heterocycles. The molecular formula is C15H13N4O3S-. The molecule has 1 N–H and O–H groups in total. The fourth-order valence-electron chi connectivity index (χ4n) is 2.14. The van der Waals surface area contributed by atoms with Crippen LogP contribution in [0.2, 0.25) is 0 Å². The Bertz CT molecular complexity index is 961. The maximum atomic E-state index is 12.1. The van der Waals surface area contributed by atoms with Crippen molar-refractivity contribution in [3.05, 3.63) is 45.9 Å². The van der Waals surface area contributed by atoms with E-state index in [0.717, 1.165) is 28.6 Å². The SMILES string of the molecule is Cc1ccc(-n2ncc3c(=O)[nH]c(SCC(=O)[O-])nc32)cc1C. The van der Waals surface area contributed by atoms with Crippen LogP contribution in [0.25, 0.3) is 16.7 Å². The van der Waals surface area contributed by atoms with Crippen molar-refractivity contribution in [2.45, 2.75) is 19.0 Å². The number of nitrogens with one attached hydrogen (secondary N) is 1. The van der Waals surface area contributed by atoms with Crippen LogP contribution in [0.3, 0.4) is 0 Å². The number of nitrogens with zero attached hydrogens (tertiary/aromatic N) is 3. The fourth-order valence-corrected chi connectivity index (χ4v) is 2.71. The van der Waals surface area contributed by atoms with E-state index in [4.69, 9.17) is 0 Å². The standard InChI is InChI=1S/C15H14N4O3S/c1-8-3-4-10(5-9(8)2)19-13-11(6-16-19)14(22)18-15(17-13)23-7-12(20)21/h3-6H,7H2,1-2H3,(H,20,21)(H,17,18,22)/p-1. The molecule has 0 unspecified atom stereocenters. The number of carboxylic acids is 1. The van der Waals surface area contributed by atoms with Crippen LogP contribution < -0.4 is 10.7 Å². The summed E-state index contributed by atoms with van der Waals surface area (Å²) in [5, 5.41) is 15.4. The Kier molecular flexibility index (Phi) is 3.91. The van der Waals surface area contributed by atoms with E-state index in [1.807, 2.05) is 32.0 Å². The summed E-state index contributed by atoms with van der Waals surface area (Å²) < 4.78 is 1.57. The zero-order valence-electron chi connectivity index (χ0n) is 12.5. The number of hydrogen-bond donors (Lipinski definition) is 1. The van der Waals surface area contributed by atoms with Crippen molar-refractivity contribution < 1.29 is 9.90 Å². The van der Waals surface area contributed by atoms with E-state index in [-0.39, 0.29) is 16.5 Å². The minimum Gasteiger partial charge on any atom is -0.549 e. The largest absolute Gasteiger partial charge is 0.549 e. The van der Waals surface area contributed by atoms with Gasteiger partial charge in [0.1, 0.15) is 5.39 Å². The number of aromatic amines is 1. The number of carboxylic acid groups (broad SMARTS) is 1. The third-order valence-corrected chi connectivity index (χ3v) is 4.32. The Hall–Kier alpha value is -2.61. The average molecular weight is 329 g/mol. The second kappa shape index (κ2) is 5.88. The van der Waals surface area contributed by atoms with Gasteiger partial charge in [-0.05, 0) is 37.1 Å². The van der Waals surface area contributed by atoms with Crippen molar-refractivity contribution >= 4 is 28.8 Å². The summed E-state index contributed by atoms with van der Waals surface area (Å²) in [4.78, 5) is 29.5. The van der Waals surface area contributed by atoms with E-state index in [9.17, 15) is 14.7 Å². The number of aryl methyl sites for hydroxylation is 2. The Morgan fingerprint density at radius 3 is 2.83 bits per heavy atom. The normalized spacial score (nSPS) is 11.0. The summed E-state index contributed by atoms with van der Waals surface area (Å²) in [6, 6.07) is 5.82. The van der Waals surface area contributed by atoms with E-state index in [2.05, 4.69) is 15.1 Å². The molecule has 1 aromatic carbocycles. The lowest BCUT2D eigenvalue weighted by Gasteiger charge is -2.07. The zero-order valence-corrected chi connectivity index (χ0v) is 13.3. The lowest BCUT2D eigenvalue weighted by Crippen LogP contribution is -2.24. The molecule has 0 spiro atoms. The quantitative estimate of drug-likeness (QED) is 0.554. The fraction of sp³-hybridized carbons (Fsp3) is 0.200. The van der Waals surface area contributed by atoms with Crippen molar-refractivity contribution in [2.24, 2.45) is 0 Å². The van der Waals surface area contributed by atoms with Crippen molar-refractivity contribution in [1.82, 2.24) is 19.7 Å². The summed E-state index contributed by atoms with van der Waals surface area (Å²) in [7, 11) is 0. The van der Waals surface area contributed by atoms with E-state index >= 15 is 0 Å². The van der Waals surface area contributed by atoms with Gasteiger partial charge in [-0.15, -0.1) is 0 Å². The smallest absolute Gasteiger partial charge is 0.262 e.